The first-order valence-corrected chi connectivity index (χ1v) is 5.89. The average molecular weight is 271 g/mol. The highest BCUT2D eigenvalue weighted by Crippen LogP contribution is 2.25. The Balaban J connectivity index is 2.38. The number of aromatic hydroxyl groups is 2. The number of hydrogen-bond acceptors (Lipinski definition) is 4. The summed E-state index contributed by atoms with van der Waals surface area (Å²) in [5.41, 5.74) is 1.37. The molecule has 0 bridgehead atoms. The minimum atomic E-state index is -1.20. The smallest absolute Gasteiger partial charge is 0.339 e. The van der Waals surface area contributed by atoms with Gasteiger partial charge in [-0.25, -0.2) is 4.79 Å². The first kappa shape index (κ1) is 13.6. The highest BCUT2D eigenvalue weighted by atomic mass is 16.4. The molecule has 0 spiro atoms. The SMILES string of the molecule is CC(=Nc1ccc(C(=O)O)c(O)c1)c1ccccc1O. The van der Waals surface area contributed by atoms with E-state index in [1.165, 1.54) is 18.2 Å². The van der Waals surface area contributed by atoms with Gasteiger partial charge in [-0.3, -0.25) is 4.99 Å². The molecule has 0 heterocycles. The van der Waals surface area contributed by atoms with Gasteiger partial charge in [-0.2, -0.15) is 0 Å². The fourth-order valence-corrected chi connectivity index (χ4v) is 1.80. The number of rotatable bonds is 3. The quantitative estimate of drug-likeness (QED) is 0.748. The van der Waals surface area contributed by atoms with E-state index in [0.717, 1.165) is 0 Å². The zero-order valence-corrected chi connectivity index (χ0v) is 10.7. The second kappa shape index (κ2) is 5.44. The Morgan fingerprint density at radius 1 is 1.00 bits per heavy atom. The topological polar surface area (TPSA) is 90.1 Å². The van der Waals surface area contributed by atoms with Gasteiger partial charge in [-0.15, -0.1) is 0 Å². The van der Waals surface area contributed by atoms with Crippen LogP contribution in [0.3, 0.4) is 0 Å². The van der Waals surface area contributed by atoms with Gasteiger partial charge in [0.2, 0.25) is 0 Å². The Kier molecular flexibility index (Phi) is 3.70. The number of carboxylic acids is 1. The Hall–Kier alpha value is -2.82. The Morgan fingerprint density at radius 2 is 1.70 bits per heavy atom. The lowest BCUT2D eigenvalue weighted by molar-refractivity contribution is 0.0694. The standard InChI is InChI=1S/C15H13NO4/c1-9(11-4-2-3-5-13(11)17)16-10-6-7-12(15(19)20)14(18)8-10/h2-8,17-18H,1H3,(H,19,20). The Labute approximate surface area is 115 Å². The highest BCUT2D eigenvalue weighted by Gasteiger charge is 2.10. The summed E-state index contributed by atoms with van der Waals surface area (Å²) < 4.78 is 0. The number of carboxylic acid groups (broad SMARTS) is 1. The van der Waals surface area contributed by atoms with Crippen LogP contribution in [0.4, 0.5) is 5.69 Å². The van der Waals surface area contributed by atoms with Crippen molar-refractivity contribution < 1.29 is 20.1 Å². The zero-order valence-electron chi connectivity index (χ0n) is 10.7. The molecule has 0 aliphatic rings. The molecule has 20 heavy (non-hydrogen) atoms. The fraction of sp³-hybridized carbons (Fsp3) is 0.0667. The largest absolute Gasteiger partial charge is 0.507 e. The van der Waals surface area contributed by atoms with E-state index in [-0.39, 0.29) is 17.1 Å². The van der Waals surface area contributed by atoms with E-state index in [9.17, 15) is 15.0 Å². The van der Waals surface area contributed by atoms with Crippen LogP contribution in [0.2, 0.25) is 0 Å². The molecular weight excluding hydrogens is 258 g/mol. The lowest BCUT2D eigenvalue weighted by Crippen LogP contribution is -1.97. The summed E-state index contributed by atoms with van der Waals surface area (Å²) in [5.74, 6) is -1.43. The maximum atomic E-state index is 10.8. The average Bonchev–Trinajstić information content (AvgIpc) is 2.38. The third-order valence-corrected chi connectivity index (χ3v) is 2.80. The summed E-state index contributed by atoms with van der Waals surface area (Å²) in [5, 5.41) is 28.1. The number of phenols is 2. The molecule has 0 aliphatic carbocycles. The minimum Gasteiger partial charge on any atom is -0.507 e. The van der Waals surface area contributed by atoms with Crippen LogP contribution >= 0.6 is 0 Å². The van der Waals surface area contributed by atoms with E-state index in [0.29, 0.717) is 17.0 Å². The van der Waals surface area contributed by atoms with Crippen LogP contribution in [0.5, 0.6) is 11.5 Å². The third kappa shape index (κ3) is 2.77. The second-order valence-electron chi connectivity index (χ2n) is 4.22. The number of phenolic OH excluding ortho intramolecular Hbond substituents is 1. The molecule has 0 unspecified atom stereocenters. The summed E-state index contributed by atoms with van der Waals surface area (Å²) in [6.07, 6.45) is 0. The molecule has 0 saturated carbocycles. The Bertz CT molecular complexity index is 692. The van der Waals surface area contributed by atoms with E-state index in [4.69, 9.17) is 5.11 Å². The van der Waals surface area contributed by atoms with Gasteiger partial charge in [0, 0.05) is 17.3 Å². The number of carbonyl (C=O) groups is 1. The summed E-state index contributed by atoms with van der Waals surface area (Å²) >= 11 is 0. The van der Waals surface area contributed by atoms with Gasteiger partial charge in [-0.05, 0) is 31.2 Å². The number of nitrogens with zero attached hydrogens (tertiary/aromatic N) is 1. The second-order valence-corrected chi connectivity index (χ2v) is 4.22. The summed E-state index contributed by atoms with van der Waals surface area (Å²) in [7, 11) is 0. The maximum absolute atomic E-state index is 10.8. The van der Waals surface area contributed by atoms with Crippen molar-refractivity contribution >= 4 is 17.4 Å². The van der Waals surface area contributed by atoms with Crippen molar-refractivity contribution in [1.29, 1.82) is 0 Å². The van der Waals surface area contributed by atoms with Gasteiger partial charge in [0.05, 0.1) is 5.69 Å². The molecule has 102 valence electrons. The molecule has 2 rings (SSSR count). The number of para-hydroxylation sites is 1. The van der Waals surface area contributed by atoms with E-state index < -0.39 is 5.97 Å². The minimum absolute atomic E-state index is 0.111. The molecule has 3 N–H and O–H groups in total. The van der Waals surface area contributed by atoms with Crippen molar-refractivity contribution in [2.24, 2.45) is 4.99 Å². The van der Waals surface area contributed by atoms with Gasteiger partial charge in [0.15, 0.2) is 0 Å². The van der Waals surface area contributed by atoms with Gasteiger partial charge >= 0.3 is 5.97 Å². The van der Waals surface area contributed by atoms with Crippen LogP contribution in [0.25, 0.3) is 0 Å². The van der Waals surface area contributed by atoms with Crippen LogP contribution in [-0.4, -0.2) is 27.0 Å². The van der Waals surface area contributed by atoms with Crippen LogP contribution in [-0.2, 0) is 0 Å². The van der Waals surface area contributed by atoms with Crippen molar-refractivity contribution in [3.05, 3.63) is 53.6 Å². The molecule has 0 amide bonds. The van der Waals surface area contributed by atoms with Gasteiger partial charge in [0.25, 0.3) is 0 Å². The number of aliphatic imine (C=N–C) groups is 1. The molecular formula is C15H13NO4. The van der Waals surface area contributed by atoms with Crippen molar-refractivity contribution in [3.8, 4) is 11.5 Å². The van der Waals surface area contributed by atoms with E-state index in [1.807, 2.05) is 0 Å². The zero-order chi connectivity index (χ0) is 14.7. The maximum Gasteiger partial charge on any atom is 0.339 e. The van der Waals surface area contributed by atoms with Crippen molar-refractivity contribution in [2.75, 3.05) is 0 Å². The van der Waals surface area contributed by atoms with Crippen molar-refractivity contribution in [1.82, 2.24) is 0 Å². The van der Waals surface area contributed by atoms with Crippen molar-refractivity contribution in [3.63, 3.8) is 0 Å². The molecule has 0 atom stereocenters. The van der Waals surface area contributed by atoms with Crippen molar-refractivity contribution in [2.45, 2.75) is 6.92 Å². The molecule has 5 heteroatoms. The fourth-order valence-electron chi connectivity index (χ4n) is 1.80. The molecule has 0 aliphatic heterocycles. The van der Waals surface area contributed by atoms with E-state index in [2.05, 4.69) is 4.99 Å². The third-order valence-electron chi connectivity index (χ3n) is 2.80. The van der Waals surface area contributed by atoms with E-state index in [1.54, 1.807) is 31.2 Å². The molecule has 0 aromatic heterocycles. The molecule has 0 saturated heterocycles. The predicted octanol–water partition coefficient (Wildman–Crippen LogP) is 2.94. The normalized spacial score (nSPS) is 11.3. The molecule has 2 aromatic carbocycles. The van der Waals surface area contributed by atoms with Crippen LogP contribution in [0.15, 0.2) is 47.5 Å². The first-order valence-electron chi connectivity index (χ1n) is 5.89. The highest BCUT2D eigenvalue weighted by molar-refractivity contribution is 6.02. The molecule has 2 aromatic rings. The summed E-state index contributed by atoms with van der Waals surface area (Å²) in [6.45, 7) is 1.72. The van der Waals surface area contributed by atoms with E-state index >= 15 is 0 Å². The monoisotopic (exact) mass is 271 g/mol. The Morgan fingerprint density at radius 3 is 2.30 bits per heavy atom. The van der Waals surface area contributed by atoms with Crippen LogP contribution in [0.1, 0.15) is 22.8 Å². The number of benzene rings is 2. The summed E-state index contributed by atoms with van der Waals surface area (Å²) in [4.78, 5) is 15.0. The predicted molar refractivity (Wildman–Crippen MR) is 75.0 cm³/mol. The van der Waals surface area contributed by atoms with Gasteiger partial charge in [-0.1, -0.05) is 12.1 Å². The van der Waals surface area contributed by atoms with Gasteiger partial charge in [0.1, 0.15) is 17.1 Å². The first-order chi connectivity index (χ1) is 9.49. The number of aromatic carboxylic acids is 1. The van der Waals surface area contributed by atoms with Crippen LogP contribution in [0, 0.1) is 0 Å². The lowest BCUT2D eigenvalue weighted by Gasteiger charge is -2.05. The molecule has 0 fully saturated rings. The molecule has 5 nitrogen and oxygen atoms in total. The van der Waals surface area contributed by atoms with Gasteiger partial charge < -0.3 is 15.3 Å². The summed E-state index contributed by atoms with van der Waals surface area (Å²) in [6, 6.07) is 10.8. The molecule has 0 radical (unpaired) electrons. The lowest BCUT2D eigenvalue weighted by atomic mass is 10.1. The van der Waals surface area contributed by atoms with Crippen LogP contribution < -0.4 is 0 Å². The number of hydrogen-bond donors (Lipinski definition) is 3.